The summed E-state index contributed by atoms with van der Waals surface area (Å²) in [7, 11) is 2.10. The van der Waals surface area contributed by atoms with Gasteiger partial charge in [0, 0.05) is 19.1 Å². The summed E-state index contributed by atoms with van der Waals surface area (Å²) in [5, 5.41) is 3.23. The number of hydrogen-bond donors (Lipinski definition) is 1. The van der Waals surface area contributed by atoms with Gasteiger partial charge in [-0.25, -0.2) is 4.98 Å². The molecular formula is C13H23N3. The van der Waals surface area contributed by atoms with Crippen LogP contribution in [0.15, 0.2) is 18.2 Å². The Labute approximate surface area is 98.9 Å². The monoisotopic (exact) mass is 221 g/mol. The molecule has 0 saturated heterocycles. The highest BCUT2D eigenvalue weighted by molar-refractivity contribution is 5.48. The highest BCUT2D eigenvalue weighted by Crippen LogP contribution is 2.23. The largest absolute Gasteiger partial charge is 0.370 e. The number of rotatable bonds is 5. The fourth-order valence-electron chi connectivity index (χ4n) is 1.44. The first-order chi connectivity index (χ1) is 7.51. The van der Waals surface area contributed by atoms with Crippen molar-refractivity contribution in [2.75, 3.05) is 23.8 Å². The molecule has 1 aromatic heterocycles. The van der Waals surface area contributed by atoms with Crippen molar-refractivity contribution in [3.8, 4) is 0 Å². The lowest BCUT2D eigenvalue weighted by atomic mass is 10.00. The van der Waals surface area contributed by atoms with E-state index in [4.69, 9.17) is 0 Å². The summed E-state index contributed by atoms with van der Waals surface area (Å²) in [5.74, 6) is 1.96. The Bertz CT molecular complexity index is 334. The van der Waals surface area contributed by atoms with E-state index in [2.05, 4.69) is 56.0 Å². The Balaban J connectivity index is 2.91. The molecule has 0 saturated carbocycles. The van der Waals surface area contributed by atoms with Gasteiger partial charge in [-0.15, -0.1) is 0 Å². The fraction of sp³-hybridized carbons (Fsp3) is 0.615. The third kappa shape index (κ3) is 2.87. The first kappa shape index (κ1) is 12.8. The molecule has 1 heterocycles. The molecule has 0 aliphatic carbocycles. The third-order valence-electron chi connectivity index (χ3n) is 3.21. The number of hydrogen-bond acceptors (Lipinski definition) is 3. The van der Waals surface area contributed by atoms with E-state index in [9.17, 15) is 0 Å². The Kier molecular flexibility index (Phi) is 4.16. The predicted octanol–water partition coefficient (Wildman–Crippen LogP) is 3.14. The van der Waals surface area contributed by atoms with Crippen LogP contribution in [0, 0.1) is 0 Å². The lowest BCUT2D eigenvalue weighted by molar-refractivity contribution is 0.467. The molecular weight excluding hydrogens is 198 g/mol. The van der Waals surface area contributed by atoms with E-state index >= 15 is 0 Å². The van der Waals surface area contributed by atoms with Crippen LogP contribution in [0.1, 0.15) is 34.1 Å². The van der Waals surface area contributed by atoms with E-state index in [0.717, 1.165) is 24.6 Å². The van der Waals surface area contributed by atoms with Crippen LogP contribution in [0.3, 0.4) is 0 Å². The van der Waals surface area contributed by atoms with Gasteiger partial charge in [0.05, 0.1) is 0 Å². The molecule has 0 radical (unpaired) electrons. The highest BCUT2D eigenvalue weighted by atomic mass is 15.2. The zero-order chi connectivity index (χ0) is 12.2. The van der Waals surface area contributed by atoms with Gasteiger partial charge in [-0.05, 0) is 39.3 Å². The van der Waals surface area contributed by atoms with Gasteiger partial charge in [0.25, 0.3) is 0 Å². The molecule has 90 valence electrons. The lowest BCUT2D eigenvalue weighted by Crippen LogP contribution is -2.41. The summed E-state index contributed by atoms with van der Waals surface area (Å²) < 4.78 is 0. The zero-order valence-corrected chi connectivity index (χ0v) is 11.0. The molecule has 3 nitrogen and oxygen atoms in total. The summed E-state index contributed by atoms with van der Waals surface area (Å²) in [5.41, 5.74) is 0.137. The Hall–Kier alpha value is -1.25. The van der Waals surface area contributed by atoms with Crippen molar-refractivity contribution in [1.82, 2.24) is 4.98 Å². The van der Waals surface area contributed by atoms with Crippen LogP contribution in [-0.2, 0) is 0 Å². The van der Waals surface area contributed by atoms with E-state index in [-0.39, 0.29) is 5.54 Å². The summed E-state index contributed by atoms with van der Waals surface area (Å²) in [4.78, 5) is 6.82. The van der Waals surface area contributed by atoms with Gasteiger partial charge in [0.1, 0.15) is 11.6 Å². The molecule has 1 N–H and O–H groups in total. The molecule has 0 bridgehead atoms. The number of nitrogens with zero attached hydrogens (tertiary/aromatic N) is 2. The Morgan fingerprint density at radius 2 is 2.00 bits per heavy atom. The molecule has 0 fully saturated rings. The first-order valence-corrected chi connectivity index (χ1v) is 5.96. The maximum atomic E-state index is 4.59. The maximum Gasteiger partial charge on any atom is 0.131 e. The van der Waals surface area contributed by atoms with Crippen molar-refractivity contribution >= 4 is 11.6 Å². The van der Waals surface area contributed by atoms with Gasteiger partial charge in [0.15, 0.2) is 0 Å². The Morgan fingerprint density at radius 3 is 2.56 bits per heavy atom. The van der Waals surface area contributed by atoms with Crippen molar-refractivity contribution in [2.24, 2.45) is 0 Å². The average molecular weight is 221 g/mol. The molecule has 16 heavy (non-hydrogen) atoms. The van der Waals surface area contributed by atoms with Crippen molar-refractivity contribution in [3.63, 3.8) is 0 Å². The second-order valence-electron chi connectivity index (χ2n) is 4.64. The van der Waals surface area contributed by atoms with Crippen LogP contribution in [0.2, 0.25) is 0 Å². The average Bonchev–Trinajstić information content (AvgIpc) is 2.29. The predicted molar refractivity (Wildman–Crippen MR) is 71.2 cm³/mol. The molecule has 0 spiro atoms. The van der Waals surface area contributed by atoms with Crippen LogP contribution in [0.4, 0.5) is 11.6 Å². The van der Waals surface area contributed by atoms with E-state index < -0.39 is 0 Å². The summed E-state index contributed by atoms with van der Waals surface area (Å²) in [6, 6.07) is 6.10. The number of nitrogens with one attached hydrogen (secondary N) is 1. The zero-order valence-electron chi connectivity index (χ0n) is 11.0. The molecule has 3 heteroatoms. The van der Waals surface area contributed by atoms with E-state index in [0.29, 0.717) is 0 Å². The number of anilines is 2. The van der Waals surface area contributed by atoms with Gasteiger partial charge >= 0.3 is 0 Å². The summed E-state index contributed by atoms with van der Waals surface area (Å²) in [6.45, 7) is 9.64. The van der Waals surface area contributed by atoms with Gasteiger partial charge in [-0.1, -0.05) is 13.0 Å². The fourth-order valence-corrected chi connectivity index (χ4v) is 1.44. The third-order valence-corrected chi connectivity index (χ3v) is 3.21. The topological polar surface area (TPSA) is 28.2 Å². The molecule has 1 rings (SSSR count). The first-order valence-electron chi connectivity index (χ1n) is 5.96. The number of pyridine rings is 1. The van der Waals surface area contributed by atoms with Crippen LogP contribution >= 0.6 is 0 Å². The van der Waals surface area contributed by atoms with Crippen LogP contribution in [0.25, 0.3) is 0 Å². The van der Waals surface area contributed by atoms with Crippen LogP contribution < -0.4 is 10.2 Å². The highest BCUT2D eigenvalue weighted by Gasteiger charge is 2.22. The van der Waals surface area contributed by atoms with Crippen LogP contribution in [0.5, 0.6) is 0 Å². The van der Waals surface area contributed by atoms with E-state index in [1.807, 2.05) is 12.1 Å². The minimum absolute atomic E-state index is 0.137. The van der Waals surface area contributed by atoms with Gasteiger partial charge < -0.3 is 10.2 Å². The summed E-state index contributed by atoms with van der Waals surface area (Å²) >= 11 is 0. The second kappa shape index (κ2) is 5.19. The normalized spacial score (nSPS) is 11.3. The number of aromatic nitrogens is 1. The molecule has 0 unspecified atom stereocenters. The summed E-state index contributed by atoms with van der Waals surface area (Å²) in [6.07, 6.45) is 1.09. The minimum atomic E-state index is 0.137. The molecule has 0 aromatic carbocycles. The van der Waals surface area contributed by atoms with E-state index in [1.54, 1.807) is 0 Å². The molecule has 0 amide bonds. The van der Waals surface area contributed by atoms with Crippen molar-refractivity contribution in [1.29, 1.82) is 0 Å². The molecule has 0 aliphatic heterocycles. The van der Waals surface area contributed by atoms with Crippen LogP contribution in [-0.4, -0.2) is 24.1 Å². The van der Waals surface area contributed by atoms with Crippen molar-refractivity contribution in [3.05, 3.63) is 18.2 Å². The van der Waals surface area contributed by atoms with Crippen molar-refractivity contribution < 1.29 is 0 Å². The van der Waals surface area contributed by atoms with Crippen molar-refractivity contribution in [2.45, 2.75) is 39.7 Å². The van der Waals surface area contributed by atoms with E-state index in [1.165, 1.54) is 0 Å². The minimum Gasteiger partial charge on any atom is -0.370 e. The smallest absolute Gasteiger partial charge is 0.131 e. The lowest BCUT2D eigenvalue weighted by Gasteiger charge is -2.36. The molecule has 0 aliphatic rings. The Morgan fingerprint density at radius 1 is 1.31 bits per heavy atom. The van der Waals surface area contributed by atoms with Gasteiger partial charge in [0.2, 0.25) is 0 Å². The van der Waals surface area contributed by atoms with Gasteiger partial charge in [-0.3, -0.25) is 0 Å². The SMILES string of the molecule is CCNc1cccc(N(C)C(C)(C)CC)n1. The standard InChI is InChI=1S/C13H23N3/c1-6-13(3,4)16(5)12-10-8-9-11(15-12)14-7-2/h8-10H,6-7H2,1-5H3,(H,14,15). The maximum absolute atomic E-state index is 4.59. The quantitative estimate of drug-likeness (QED) is 0.828. The van der Waals surface area contributed by atoms with Gasteiger partial charge in [-0.2, -0.15) is 0 Å². The molecule has 1 aromatic rings. The second-order valence-corrected chi connectivity index (χ2v) is 4.64. The molecule has 0 atom stereocenters.